The second kappa shape index (κ2) is 7.75. The van der Waals surface area contributed by atoms with Crippen molar-refractivity contribution in [3.8, 4) is 0 Å². The summed E-state index contributed by atoms with van der Waals surface area (Å²) in [5, 5.41) is 2.59. The number of carbonyl (C=O) groups is 1. The van der Waals surface area contributed by atoms with Crippen molar-refractivity contribution < 1.29 is 26.7 Å². The molecular formula is C18H15F2N3O4S2. The van der Waals surface area contributed by atoms with E-state index >= 15 is 0 Å². The number of aromatic nitrogens is 1. The van der Waals surface area contributed by atoms with E-state index in [9.17, 15) is 22.0 Å². The second-order valence-electron chi connectivity index (χ2n) is 6.24. The lowest BCUT2D eigenvalue weighted by Gasteiger charge is -2.26. The topological polar surface area (TPSA) is 88.6 Å². The van der Waals surface area contributed by atoms with E-state index in [0.29, 0.717) is 10.2 Å². The standard InChI is InChI=1S/C18H15F2N3O4S2/c19-11-1-4-15-16(9-11)28-18(21-15)22-17(24)13-10-12(2-3-14(13)20)29(25,26)23-5-7-27-8-6-23/h1-4,9-10H,5-8H2,(H,21,22,24). The molecule has 1 aromatic heterocycles. The lowest BCUT2D eigenvalue weighted by atomic mass is 10.2. The summed E-state index contributed by atoms with van der Waals surface area (Å²) in [6.45, 7) is 0.908. The van der Waals surface area contributed by atoms with E-state index in [4.69, 9.17) is 4.74 Å². The Morgan fingerprint density at radius 2 is 1.90 bits per heavy atom. The predicted molar refractivity (Wildman–Crippen MR) is 104 cm³/mol. The molecular weight excluding hydrogens is 424 g/mol. The molecule has 1 saturated heterocycles. The van der Waals surface area contributed by atoms with Crippen LogP contribution in [-0.2, 0) is 14.8 Å². The maximum Gasteiger partial charge on any atom is 0.260 e. The molecule has 4 rings (SSSR count). The van der Waals surface area contributed by atoms with Crippen LogP contribution >= 0.6 is 11.3 Å². The van der Waals surface area contributed by atoms with Crippen LogP contribution in [0.2, 0.25) is 0 Å². The molecule has 0 spiro atoms. The molecule has 0 saturated carbocycles. The van der Waals surface area contributed by atoms with Gasteiger partial charge in [-0.05, 0) is 36.4 Å². The molecule has 1 N–H and O–H groups in total. The molecule has 29 heavy (non-hydrogen) atoms. The van der Waals surface area contributed by atoms with E-state index in [0.717, 1.165) is 29.5 Å². The van der Waals surface area contributed by atoms with Crippen LogP contribution < -0.4 is 5.32 Å². The highest BCUT2D eigenvalue weighted by atomic mass is 32.2. The first-order valence-electron chi connectivity index (χ1n) is 8.59. The number of thiazole rings is 1. The van der Waals surface area contributed by atoms with Crippen LogP contribution in [0.4, 0.5) is 13.9 Å². The van der Waals surface area contributed by atoms with Crippen molar-refractivity contribution in [2.24, 2.45) is 0 Å². The zero-order valence-electron chi connectivity index (χ0n) is 14.9. The van der Waals surface area contributed by atoms with Crippen LogP contribution in [0, 0.1) is 11.6 Å². The summed E-state index contributed by atoms with van der Waals surface area (Å²) in [4.78, 5) is 16.5. The van der Waals surface area contributed by atoms with Gasteiger partial charge in [0.15, 0.2) is 5.13 Å². The molecule has 2 aromatic carbocycles. The van der Waals surface area contributed by atoms with Gasteiger partial charge in [-0.3, -0.25) is 10.1 Å². The number of anilines is 1. The number of hydrogen-bond acceptors (Lipinski definition) is 6. The van der Waals surface area contributed by atoms with Crippen LogP contribution in [0.15, 0.2) is 41.3 Å². The Morgan fingerprint density at radius 3 is 2.66 bits per heavy atom. The minimum atomic E-state index is -3.88. The fourth-order valence-electron chi connectivity index (χ4n) is 2.89. The minimum Gasteiger partial charge on any atom is -0.379 e. The molecule has 1 aliphatic rings. The Hall–Kier alpha value is -2.47. The van der Waals surface area contributed by atoms with Gasteiger partial charge in [0.05, 0.1) is 33.9 Å². The van der Waals surface area contributed by atoms with Crippen molar-refractivity contribution >= 4 is 42.6 Å². The number of nitrogens with one attached hydrogen (secondary N) is 1. The summed E-state index contributed by atoms with van der Waals surface area (Å²) >= 11 is 1.03. The summed E-state index contributed by atoms with van der Waals surface area (Å²) < 4.78 is 60.0. The third kappa shape index (κ3) is 3.99. The fourth-order valence-corrected chi connectivity index (χ4v) is 5.21. The predicted octanol–water partition coefficient (Wildman–Crippen LogP) is 2.85. The first kappa shape index (κ1) is 19.8. The van der Waals surface area contributed by atoms with Crippen molar-refractivity contribution in [2.45, 2.75) is 4.90 Å². The Balaban J connectivity index is 1.61. The molecule has 152 valence electrons. The van der Waals surface area contributed by atoms with E-state index in [2.05, 4.69) is 10.3 Å². The number of morpholine rings is 1. The number of sulfonamides is 1. The largest absolute Gasteiger partial charge is 0.379 e. The fraction of sp³-hybridized carbons (Fsp3) is 0.222. The third-order valence-electron chi connectivity index (χ3n) is 4.36. The minimum absolute atomic E-state index is 0.149. The van der Waals surface area contributed by atoms with Gasteiger partial charge in [0.2, 0.25) is 10.0 Å². The van der Waals surface area contributed by atoms with E-state index in [1.54, 1.807) is 0 Å². The third-order valence-corrected chi connectivity index (χ3v) is 7.19. The Morgan fingerprint density at radius 1 is 1.14 bits per heavy atom. The number of halogens is 2. The molecule has 1 amide bonds. The van der Waals surface area contributed by atoms with Crippen molar-refractivity contribution in [3.63, 3.8) is 0 Å². The van der Waals surface area contributed by atoms with Gasteiger partial charge < -0.3 is 4.74 Å². The van der Waals surface area contributed by atoms with Crippen molar-refractivity contribution in [1.82, 2.24) is 9.29 Å². The normalized spacial score (nSPS) is 15.5. The summed E-state index contributed by atoms with van der Waals surface area (Å²) in [7, 11) is -3.88. The van der Waals surface area contributed by atoms with E-state index in [1.807, 2.05) is 0 Å². The average Bonchev–Trinajstić information content (AvgIpc) is 3.10. The smallest absolute Gasteiger partial charge is 0.260 e. The van der Waals surface area contributed by atoms with Crippen molar-refractivity contribution in [2.75, 3.05) is 31.6 Å². The van der Waals surface area contributed by atoms with Crippen LogP contribution in [-0.4, -0.2) is 49.9 Å². The SMILES string of the molecule is O=C(Nc1nc2ccc(F)cc2s1)c1cc(S(=O)(=O)N2CCOCC2)ccc1F. The number of amides is 1. The molecule has 3 aromatic rings. The van der Waals surface area contributed by atoms with Gasteiger partial charge in [0.25, 0.3) is 5.91 Å². The molecule has 0 bridgehead atoms. The molecule has 11 heteroatoms. The van der Waals surface area contributed by atoms with Gasteiger partial charge in [-0.15, -0.1) is 0 Å². The molecule has 0 aliphatic carbocycles. The molecule has 0 radical (unpaired) electrons. The number of rotatable bonds is 4. The van der Waals surface area contributed by atoms with Gasteiger partial charge in [-0.25, -0.2) is 22.2 Å². The van der Waals surface area contributed by atoms with Crippen LogP contribution in [0.3, 0.4) is 0 Å². The van der Waals surface area contributed by atoms with Gasteiger partial charge in [0.1, 0.15) is 11.6 Å². The number of nitrogens with zero attached hydrogens (tertiary/aromatic N) is 2. The van der Waals surface area contributed by atoms with Crippen LogP contribution in [0.1, 0.15) is 10.4 Å². The second-order valence-corrected chi connectivity index (χ2v) is 9.21. The lowest BCUT2D eigenvalue weighted by Crippen LogP contribution is -2.40. The molecule has 2 heterocycles. The van der Waals surface area contributed by atoms with E-state index < -0.39 is 33.1 Å². The van der Waals surface area contributed by atoms with Gasteiger partial charge in [-0.1, -0.05) is 11.3 Å². The summed E-state index contributed by atoms with van der Waals surface area (Å²) in [6.07, 6.45) is 0. The maximum absolute atomic E-state index is 14.3. The molecule has 7 nitrogen and oxygen atoms in total. The van der Waals surface area contributed by atoms with E-state index in [1.165, 1.54) is 22.5 Å². The molecule has 0 unspecified atom stereocenters. The highest BCUT2D eigenvalue weighted by molar-refractivity contribution is 7.89. The van der Waals surface area contributed by atoms with Gasteiger partial charge in [-0.2, -0.15) is 4.31 Å². The number of hydrogen-bond donors (Lipinski definition) is 1. The number of benzene rings is 2. The first-order chi connectivity index (χ1) is 13.8. The maximum atomic E-state index is 14.3. The quantitative estimate of drug-likeness (QED) is 0.675. The van der Waals surface area contributed by atoms with Crippen molar-refractivity contribution in [1.29, 1.82) is 0 Å². The molecule has 1 aliphatic heterocycles. The molecule has 0 atom stereocenters. The zero-order chi connectivity index (χ0) is 20.6. The summed E-state index contributed by atoms with van der Waals surface area (Å²) in [5.74, 6) is -2.15. The highest BCUT2D eigenvalue weighted by Gasteiger charge is 2.28. The van der Waals surface area contributed by atoms with Gasteiger partial charge in [0, 0.05) is 13.1 Å². The monoisotopic (exact) mass is 439 g/mol. The Kier molecular flexibility index (Phi) is 5.30. The summed E-state index contributed by atoms with van der Waals surface area (Å²) in [5.41, 5.74) is 0.0561. The highest BCUT2D eigenvalue weighted by Crippen LogP contribution is 2.27. The van der Waals surface area contributed by atoms with Crippen molar-refractivity contribution in [3.05, 3.63) is 53.6 Å². The van der Waals surface area contributed by atoms with Crippen LogP contribution in [0.25, 0.3) is 10.2 Å². The summed E-state index contributed by atoms with van der Waals surface area (Å²) in [6, 6.07) is 7.05. The lowest BCUT2D eigenvalue weighted by molar-refractivity contribution is 0.0730. The number of ether oxygens (including phenoxy) is 1. The van der Waals surface area contributed by atoms with E-state index in [-0.39, 0.29) is 36.3 Å². The van der Waals surface area contributed by atoms with Gasteiger partial charge >= 0.3 is 0 Å². The zero-order valence-corrected chi connectivity index (χ0v) is 16.5. The average molecular weight is 439 g/mol. The van der Waals surface area contributed by atoms with Crippen LogP contribution in [0.5, 0.6) is 0 Å². The number of fused-ring (bicyclic) bond motifs is 1. The number of carbonyl (C=O) groups excluding carboxylic acids is 1. The Bertz CT molecular complexity index is 1190. The first-order valence-corrected chi connectivity index (χ1v) is 10.9. The molecule has 1 fully saturated rings. The Labute approximate surface area is 169 Å².